The zero-order valence-electron chi connectivity index (χ0n) is 18.6. The van der Waals surface area contributed by atoms with Crippen LogP contribution in [0.3, 0.4) is 0 Å². The topological polar surface area (TPSA) is 120 Å². The van der Waals surface area contributed by atoms with E-state index in [2.05, 4.69) is 10.0 Å². The molecule has 0 aliphatic heterocycles. The molecule has 2 N–H and O–H groups in total. The Morgan fingerprint density at radius 2 is 1.53 bits per heavy atom. The molecular formula is C24H24N2O7S. The van der Waals surface area contributed by atoms with Gasteiger partial charge in [0.05, 0.1) is 29.9 Å². The predicted octanol–water partition coefficient (Wildman–Crippen LogP) is 3.69. The number of hydrogen-bond donors (Lipinski definition) is 2. The minimum Gasteiger partial charge on any atom is -0.497 e. The van der Waals surface area contributed by atoms with E-state index in [0.717, 1.165) is 0 Å². The number of esters is 1. The summed E-state index contributed by atoms with van der Waals surface area (Å²) in [7, 11) is -2.45. The summed E-state index contributed by atoms with van der Waals surface area (Å²) >= 11 is 0. The minimum absolute atomic E-state index is 0.00186. The van der Waals surface area contributed by atoms with Crippen molar-refractivity contribution >= 4 is 33.3 Å². The van der Waals surface area contributed by atoms with Gasteiger partial charge in [-0.15, -0.1) is 0 Å². The Labute approximate surface area is 197 Å². The van der Waals surface area contributed by atoms with Crippen LogP contribution in [-0.4, -0.2) is 40.6 Å². The van der Waals surface area contributed by atoms with Crippen molar-refractivity contribution in [2.24, 2.45) is 0 Å². The van der Waals surface area contributed by atoms with E-state index in [1.165, 1.54) is 31.4 Å². The quantitative estimate of drug-likeness (QED) is 0.421. The molecule has 3 aromatic carbocycles. The molecule has 0 saturated heterocycles. The van der Waals surface area contributed by atoms with E-state index in [1.54, 1.807) is 48.5 Å². The fourth-order valence-electron chi connectivity index (χ4n) is 2.92. The van der Waals surface area contributed by atoms with Crippen molar-refractivity contribution in [2.45, 2.75) is 11.8 Å². The fourth-order valence-corrected chi connectivity index (χ4v) is 4.00. The van der Waals surface area contributed by atoms with Gasteiger partial charge in [0.2, 0.25) is 0 Å². The molecule has 3 rings (SSSR count). The average Bonchev–Trinajstić information content (AvgIpc) is 2.84. The molecule has 0 aliphatic rings. The van der Waals surface area contributed by atoms with Crippen LogP contribution < -0.4 is 19.5 Å². The smallest absolute Gasteiger partial charge is 0.340 e. The van der Waals surface area contributed by atoms with Crippen LogP contribution in [0, 0.1) is 0 Å². The Morgan fingerprint density at radius 1 is 0.882 bits per heavy atom. The standard InChI is InChI=1S/C24H24N2O7S/c1-3-32-19-12-14-20(15-13-19)34(29,30)26-22-7-5-4-6-21(22)24(28)33-16-23(27)25-17-8-10-18(31-2)11-9-17/h4-15,26H,3,16H2,1-2H3,(H,25,27). The van der Waals surface area contributed by atoms with E-state index in [0.29, 0.717) is 23.8 Å². The van der Waals surface area contributed by atoms with Crippen LogP contribution in [0.2, 0.25) is 0 Å². The first-order valence-electron chi connectivity index (χ1n) is 10.3. The second-order valence-electron chi connectivity index (χ2n) is 6.91. The first-order chi connectivity index (χ1) is 16.3. The Kier molecular flexibility index (Phi) is 8.10. The highest BCUT2D eigenvalue weighted by Crippen LogP contribution is 2.23. The van der Waals surface area contributed by atoms with Gasteiger partial charge in [-0.25, -0.2) is 13.2 Å². The number of carbonyl (C=O) groups excluding carboxylic acids is 2. The number of amides is 1. The van der Waals surface area contributed by atoms with Gasteiger partial charge < -0.3 is 19.5 Å². The number of ether oxygens (including phenoxy) is 3. The molecule has 0 aromatic heterocycles. The zero-order chi connectivity index (χ0) is 24.6. The third-order valence-corrected chi connectivity index (χ3v) is 5.93. The van der Waals surface area contributed by atoms with E-state index >= 15 is 0 Å². The number of hydrogen-bond acceptors (Lipinski definition) is 7. The van der Waals surface area contributed by atoms with Gasteiger partial charge in [-0.1, -0.05) is 12.1 Å². The van der Waals surface area contributed by atoms with E-state index in [4.69, 9.17) is 14.2 Å². The predicted molar refractivity (Wildman–Crippen MR) is 127 cm³/mol. The highest BCUT2D eigenvalue weighted by molar-refractivity contribution is 7.92. The van der Waals surface area contributed by atoms with Crippen LogP contribution in [0.1, 0.15) is 17.3 Å². The third kappa shape index (κ3) is 6.48. The maximum absolute atomic E-state index is 12.8. The molecule has 0 fully saturated rings. The minimum atomic E-state index is -3.98. The number of rotatable bonds is 10. The molecule has 10 heteroatoms. The van der Waals surface area contributed by atoms with Crippen molar-refractivity contribution in [1.29, 1.82) is 0 Å². The Balaban J connectivity index is 1.65. The van der Waals surface area contributed by atoms with Crippen LogP contribution in [-0.2, 0) is 19.6 Å². The van der Waals surface area contributed by atoms with Gasteiger partial charge in [-0.05, 0) is 67.6 Å². The van der Waals surface area contributed by atoms with Crippen molar-refractivity contribution in [3.05, 3.63) is 78.4 Å². The molecule has 0 atom stereocenters. The van der Waals surface area contributed by atoms with Crippen molar-refractivity contribution in [1.82, 2.24) is 0 Å². The van der Waals surface area contributed by atoms with Crippen molar-refractivity contribution in [3.63, 3.8) is 0 Å². The normalized spacial score (nSPS) is 10.8. The lowest BCUT2D eigenvalue weighted by molar-refractivity contribution is -0.119. The molecule has 3 aromatic rings. The zero-order valence-corrected chi connectivity index (χ0v) is 19.4. The van der Waals surface area contributed by atoms with Gasteiger partial charge in [0.25, 0.3) is 15.9 Å². The van der Waals surface area contributed by atoms with Gasteiger partial charge in [0.1, 0.15) is 11.5 Å². The number of nitrogens with one attached hydrogen (secondary N) is 2. The number of para-hydroxylation sites is 1. The van der Waals surface area contributed by atoms with Crippen LogP contribution in [0.4, 0.5) is 11.4 Å². The number of methoxy groups -OCH3 is 1. The summed E-state index contributed by atoms with van der Waals surface area (Å²) in [6.45, 7) is 1.73. The summed E-state index contributed by atoms with van der Waals surface area (Å²) in [4.78, 5) is 24.7. The molecule has 0 aliphatic carbocycles. The monoisotopic (exact) mass is 484 g/mol. The molecule has 9 nitrogen and oxygen atoms in total. The third-order valence-electron chi connectivity index (χ3n) is 4.54. The Bertz CT molecular complexity index is 1240. The van der Waals surface area contributed by atoms with Gasteiger partial charge in [-0.3, -0.25) is 9.52 Å². The van der Waals surface area contributed by atoms with Crippen LogP contribution in [0.25, 0.3) is 0 Å². The lowest BCUT2D eigenvalue weighted by atomic mass is 10.2. The second-order valence-corrected chi connectivity index (χ2v) is 8.59. The fraction of sp³-hybridized carbons (Fsp3) is 0.167. The lowest BCUT2D eigenvalue weighted by Gasteiger charge is -2.13. The largest absolute Gasteiger partial charge is 0.497 e. The molecule has 1 amide bonds. The molecule has 34 heavy (non-hydrogen) atoms. The second kappa shape index (κ2) is 11.2. The van der Waals surface area contributed by atoms with Crippen LogP contribution in [0.15, 0.2) is 77.7 Å². The number of anilines is 2. The molecule has 178 valence electrons. The van der Waals surface area contributed by atoms with Gasteiger partial charge in [0, 0.05) is 5.69 Å². The molecule has 0 radical (unpaired) electrons. The lowest BCUT2D eigenvalue weighted by Crippen LogP contribution is -2.22. The Morgan fingerprint density at radius 3 is 2.18 bits per heavy atom. The first-order valence-corrected chi connectivity index (χ1v) is 11.8. The average molecular weight is 485 g/mol. The highest BCUT2D eigenvalue weighted by atomic mass is 32.2. The van der Waals surface area contributed by atoms with Crippen molar-refractivity contribution in [2.75, 3.05) is 30.4 Å². The Hall–Kier alpha value is -4.05. The molecule has 0 saturated carbocycles. The van der Waals surface area contributed by atoms with Gasteiger partial charge in [-0.2, -0.15) is 0 Å². The van der Waals surface area contributed by atoms with Crippen molar-refractivity contribution in [3.8, 4) is 11.5 Å². The molecule has 0 spiro atoms. The number of carbonyl (C=O) groups is 2. The maximum atomic E-state index is 12.8. The highest BCUT2D eigenvalue weighted by Gasteiger charge is 2.20. The molecule has 0 bridgehead atoms. The summed E-state index contributed by atoms with van der Waals surface area (Å²) < 4.78 is 43.4. The molecule has 0 unspecified atom stereocenters. The summed E-state index contributed by atoms with van der Waals surface area (Å²) in [5.74, 6) is -0.229. The number of benzene rings is 3. The summed E-state index contributed by atoms with van der Waals surface area (Å²) in [6, 6.07) is 18.5. The van der Waals surface area contributed by atoms with Crippen molar-refractivity contribution < 1.29 is 32.2 Å². The summed E-state index contributed by atoms with van der Waals surface area (Å²) in [5.41, 5.74) is 0.497. The summed E-state index contributed by atoms with van der Waals surface area (Å²) in [6.07, 6.45) is 0. The van der Waals surface area contributed by atoms with Gasteiger partial charge in [0.15, 0.2) is 6.61 Å². The SMILES string of the molecule is CCOc1ccc(S(=O)(=O)Nc2ccccc2C(=O)OCC(=O)Nc2ccc(OC)cc2)cc1. The van der Waals surface area contributed by atoms with E-state index in [-0.39, 0.29) is 16.1 Å². The molecule has 0 heterocycles. The van der Waals surface area contributed by atoms with Gasteiger partial charge >= 0.3 is 5.97 Å². The summed E-state index contributed by atoms with van der Waals surface area (Å²) in [5, 5.41) is 2.59. The maximum Gasteiger partial charge on any atom is 0.340 e. The van der Waals surface area contributed by atoms with Crippen LogP contribution >= 0.6 is 0 Å². The van der Waals surface area contributed by atoms with E-state index < -0.39 is 28.5 Å². The first kappa shape index (κ1) is 24.6. The molecular weight excluding hydrogens is 460 g/mol. The number of sulfonamides is 1. The van der Waals surface area contributed by atoms with E-state index in [9.17, 15) is 18.0 Å². The van der Waals surface area contributed by atoms with E-state index in [1.807, 2.05) is 6.92 Å². The van der Waals surface area contributed by atoms with Crippen LogP contribution in [0.5, 0.6) is 11.5 Å².